The number of amides is 1. The van der Waals surface area contributed by atoms with Gasteiger partial charge in [0.05, 0.1) is 16.7 Å². The molecule has 1 aliphatic rings. The average molecular weight is 354 g/mol. The van der Waals surface area contributed by atoms with Crippen molar-refractivity contribution in [3.63, 3.8) is 0 Å². The van der Waals surface area contributed by atoms with Crippen molar-refractivity contribution in [1.29, 1.82) is 0 Å². The Morgan fingerprint density at radius 1 is 1.17 bits per heavy atom. The van der Waals surface area contributed by atoms with Gasteiger partial charge in [-0.05, 0) is 24.1 Å². The van der Waals surface area contributed by atoms with Gasteiger partial charge >= 0.3 is 5.97 Å². The first kappa shape index (κ1) is 18.4. The molecule has 0 saturated heterocycles. The Kier molecular flexibility index (Phi) is 5.61. The Hall–Kier alpha value is -1.93. The van der Waals surface area contributed by atoms with E-state index < -0.39 is 27.8 Å². The lowest BCUT2D eigenvalue weighted by Gasteiger charge is -2.18. The highest BCUT2D eigenvalue weighted by molar-refractivity contribution is 7.89. The molecule has 2 atom stereocenters. The summed E-state index contributed by atoms with van der Waals surface area (Å²) in [5.41, 5.74) is 0.759. The van der Waals surface area contributed by atoms with Gasteiger partial charge in [-0.3, -0.25) is 9.59 Å². The summed E-state index contributed by atoms with van der Waals surface area (Å²) in [6.07, 6.45) is 0.377. The molecule has 1 amide bonds. The van der Waals surface area contributed by atoms with Gasteiger partial charge in [0.2, 0.25) is 15.9 Å². The fourth-order valence-electron chi connectivity index (χ4n) is 2.57. The summed E-state index contributed by atoms with van der Waals surface area (Å²) in [6.45, 7) is 4.62. The van der Waals surface area contributed by atoms with Crippen molar-refractivity contribution >= 4 is 21.9 Å². The third-order valence-corrected chi connectivity index (χ3v) is 6.24. The Balaban J connectivity index is 1.95. The van der Waals surface area contributed by atoms with Crippen LogP contribution in [0.1, 0.15) is 25.8 Å². The monoisotopic (exact) mass is 354 g/mol. The van der Waals surface area contributed by atoms with Crippen molar-refractivity contribution in [3.05, 3.63) is 29.8 Å². The predicted octanol–water partition coefficient (Wildman–Crippen LogP) is 1.05. The van der Waals surface area contributed by atoms with E-state index in [0.29, 0.717) is 19.5 Å². The lowest BCUT2D eigenvalue weighted by Crippen LogP contribution is -2.30. The highest BCUT2D eigenvalue weighted by atomic mass is 32.2. The third kappa shape index (κ3) is 3.93. The first-order valence-corrected chi connectivity index (χ1v) is 9.34. The van der Waals surface area contributed by atoms with E-state index in [1.807, 2.05) is 0 Å². The van der Waals surface area contributed by atoms with E-state index in [-0.39, 0.29) is 17.3 Å². The second kappa shape index (κ2) is 7.31. The molecule has 1 fully saturated rings. The summed E-state index contributed by atoms with van der Waals surface area (Å²) in [5.74, 6) is -2.25. The maximum absolute atomic E-state index is 12.4. The summed E-state index contributed by atoms with van der Waals surface area (Å²) in [4.78, 5) is 22.8. The molecule has 2 N–H and O–H groups in total. The molecule has 0 radical (unpaired) electrons. The number of carboxylic acids is 1. The zero-order valence-electron chi connectivity index (χ0n) is 13.7. The van der Waals surface area contributed by atoms with Crippen molar-refractivity contribution < 1.29 is 23.1 Å². The van der Waals surface area contributed by atoms with E-state index in [9.17, 15) is 18.0 Å². The average Bonchev–Trinajstić information content (AvgIpc) is 3.35. The van der Waals surface area contributed by atoms with E-state index >= 15 is 0 Å². The molecule has 2 unspecified atom stereocenters. The number of hydrogen-bond acceptors (Lipinski definition) is 4. The van der Waals surface area contributed by atoms with Crippen LogP contribution < -0.4 is 5.32 Å². The summed E-state index contributed by atoms with van der Waals surface area (Å²) in [7, 11) is -3.49. The minimum atomic E-state index is -3.49. The molecule has 0 aliphatic heterocycles. The number of rotatable bonds is 8. The van der Waals surface area contributed by atoms with Crippen LogP contribution in [0.4, 0.5) is 0 Å². The zero-order chi connectivity index (χ0) is 17.9. The van der Waals surface area contributed by atoms with Gasteiger partial charge in [-0.15, -0.1) is 0 Å². The number of carbonyl (C=O) groups is 2. The minimum absolute atomic E-state index is 0.217. The van der Waals surface area contributed by atoms with E-state index in [4.69, 9.17) is 5.11 Å². The molecular formula is C16H22N2O5S. The predicted molar refractivity (Wildman–Crippen MR) is 87.6 cm³/mol. The lowest BCUT2D eigenvalue weighted by molar-refractivity contribution is -0.140. The molecule has 7 nitrogen and oxygen atoms in total. The summed E-state index contributed by atoms with van der Waals surface area (Å²) < 4.78 is 26.1. The van der Waals surface area contributed by atoms with Gasteiger partial charge in [-0.1, -0.05) is 26.0 Å². The Labute approximate surface area is 141 Å². The largest absolute Gasteiger partial charge is 0.481 e. The fraction of sp³-hybridized carbons (Fsp3) is 0.500. The van der Waals surface area contributed by atoms with Crippen LogP contribution in [0.5, 0.6) is 0 Å². The minimum Gasteiger partial charge on any atom is -0.481 e. The second-order valence-electron chi connectivity index (χ2n) is 5.74. The number of hydrogen-bond donors (Lipinski definition) is 2. The number of nitrogens with zero attached hydrogens (tertiary/aromatic N) is 1. The molecule has 24 heavy (non-hydrogen) atoms. The van der Waals surface area contributed by atoms with Crippen LogP contribution in [-0.4, -0.2) is 42.8 Å². The number of aliphatic carboxylic acids is 1. The Bertz CT molecular complexity index is 710. The van der Waals surface area contributed by atoms with Gasteiger partial charge in [0.1, 0.15) is 0 Å². The molecule has 0 aromatic heterocycles. The summed E-state index contributed by atoms with van der Waals surface area (Å²) >= 11 is 0. The molecule has 8 heteroatoms. The lowest BCUT2D eigenvalue weighted by atomic mass is 10.2. The van der Waals surface area contributed by atoms with Crippen molar-refractivity contribution in [2.45, 2.75) is 31.7 Å². The van der Waals surface area contributed by atoms with Gasteiger partial charge in [0.15, 0.2) is 0 Å². The maximum Gasteiger partial charge on any atom is 0.307 e. The fourth-order valence-corrected chi connectivity index (χ4v) is 4.03. The van der Waals surface area contributed by atoms with E-state index in [0.717, 1.165) is 5.56 Å². The Morgan fingerprint density at radius 2 is 1.75 bits per heavy atom. The van der Waals surface area contributed by atoms with Gasteiger partial charge in [-0.25, -0.2) is 8.42 Å². The first-order chi connectivity index (χ1) is 11.3. The highest BCUT2D eigenvalue weighted by Crippen LogP contribution is 2.38. The number of sulfonamides is 1. The van der Waals surface area contributed by atoms with Crippen LogP contribution >= 0.6 is 0 Å². The molecule has 0 bridgehead atoms. The molecule has 1 saturated carbocycles. The van der Waals surface area contributed by atoms with Crippen molar-refractivity contribution in [1.82, 2.24) is 9.62 Å². The number of carbonyl (C=O) groups excluding carboxylic acids is 1. The van der Waals surface area contributed by atoms with Crippen LogP contribution in [0.2, 0.25) is 0 Å². The molecule has 0 heterocycles. The number of nitrogens with one attached hydrogen (secondary N) is 1. The SMILES string of the molecule is CCN(CC)S(=O)(=O)c1ccc(CNC(=O)C2CC2C(=O)O)cc1. The van der Waals surface area contributed by atoms with Crippen molar-refractivity contribution in [2.24, 2.45) is 11.8 Å². The Morgan fingerprint density at radius 3 is 2.21 bits per heavy atom. The molecule has 2 rings (SSSR count). The standard InChI is InChI=1S/C16H22N2O5S/c1-3-18(4-2)24(22,23)12-7-5-11(6-8-12)10-17-15(19)13-9-14(13)16(20)21/h5-8,13-14H,3-4,9-10H2,1-2H3,(H,17,19)(H,20,21). The summed E-state index contributed by atoms with van der Waals surface area (Å²) in [6, 6.07) is 6.34. The van der Waals surface area contributed by atoms with E-state index in [1.165, 1.54) is 16.4 Å². The summed E-state index contributed by atoms with van der Waals surface area (Å²) in [5, 5.41) is 11.5. The maximum atomic E-state index is 12.4. The van der Waals surface area contributed by atoms with Gasteiger partial charge in [-0.2, -0.15) is 4.31 Å². The second-order valence-corrected chi connectivity index (χ2v) is 7.68. The normalized spacial score (nSPS) is 20.0. The molecule has 1 aromatic carbocycles. The molecule has 1 aliphatic carbocycles. The smallest absolute Gasteiger partial charge is 0.307 e. The molecule has 132 valence electrons. The van der Waals surface area contributed by atoms with Crippen LogP contribution in [0.25, 0.3) is 0 Å². The molecule has 0 spiro atoms. The van der Waals surface area contributed by atoms with Crippen LogP contribution in [0.15, 0.2) is 29.2 Å². The zero-order valence-corrected chi connectivity index (χ0v) is 14.5. The quantitative estimate of drug-likeness (QED) is 0.726. The molecule has 1 aromatic rings. The van der Waals surface area contributed by atoms with Gasteiger partial charge in [0.25, 0.3) is 0 Å². The number of benzene rings is 1. The van der Waals surface area contributed by atoms with E-state index in [2.05, 4.69) is 5.32 Å². The van der Waals surface area contributed by atoms with Crippen LogP contribution in [0.3, 0.4) is 0 Å². The van der Waals surface area contributed by atoms with Crippen molar-refractivity contribution in [3.8, 4) is 0 Å². The first-order valence-electron chi connectivity index (χ1n) is 7.90. The third-order valence-electron chi connectivity index (χ3n) is 4.18. The van der Waals surface area contributed by atoms with Crippen LogP contribution in [-0.2, 0) is 26.2 Å². The van der Waals surface area contributed by atoms with E-state index in [1.54, 1.807) is 26.0 Å². The topological polar surface area (TPSA) is 104 Å². The van der Waals surface area contributed by atoms with Crippen molar-refractivity contribution in [2.75, 3.05) is 13.1 Å². The number of carboxylic acid groups (broad SMARTS) is 1. The van der Waals surface area contributed by atoms with Gasteiger partial charge < -0.3 is 10.4 Å². The highest BCUT2D eigenvalue weighted by Gasteiger charge is 2.48. The van der Waals surface area contributed by atoms with Gasteiger partial charge in [0, 0.05) is 19.6 Å². The van der Waals surface area contributed by atoms with Crippen LogP contribution in [0, 0.1) is 11.8 Å². The molecular weight excluding hydrogens is 332 g/mol.